The number of hydrogen-bond donors (Lipinski definition) is 1. The lowest BCUT2D eigenvalue weighted by molar-refractivity contribution is -0.127. The van der Waals surface area contributed by atoms with Gasteiger partial charge in [-0.15, -0.1) is 0 Å². The second-order valence-corrected chi connectivity index (χ2v) is 6.17. The Balaban J connectivity index is 1.96. The predicted octanol–water partition coefficient (Wildman–Crippen LogP) is 2.22. The summed E-state index contributed by atoms with van der Waals surface area (Å²) in [5.74, 6) is 0.0329. The molecule has 0 atom stereocenters. The van der Waals surface area contributed by atoms with Gasteiger partial charge in [-0.25, -0.2) is 0 Å². The van der Waals surface area contributed by atoms with Gasteiger partial charge in [0.25, 0.3) is 0 Å². The highest BCUT2D eigenvalue weighted by Crippen LogP contribution is 2.36. The second kappa shape index (κ2) is 6.31. The largest absolute Gasteiger partial charge is 0.399 e. The summed E-state index contributed by atoms with van der Waals surface area (Å²) < 4.78 is 0. The van der Waals surface area contributed by atoms with Crippen molar-refractivity contribution in [2.24, 2.45) is 0 Å². The van der Waals surface area contributed by atoms with E-state index in [2.05, 4.69) is 19.0 Å². The summed E-state index contributed by atoms with van der Waals surface area (Å²) in [6.45, 7) is 0.778. The quantitative estimate of drug-likeness (QED) is 0.667. The summed E-state index contributed by atoms with van der Waals surface area (Å²) in [4.78, 5) is 16.3. The number of nitrogens with zero attached hydrogens (tertiary/aromatic N) is 2. The molecule has 1 saturated carbocycles. The van der Waals surface area contributed by atoms with Gasteiger partial charge in [0.05, 0.1) is 0 Å². The van der Waals surface area contributed by atoms with Gasteiger partial charge >= 0.3 is 0 Å². The summed E-state index contributed by atoms with van der Waals surface area (Å²) in [6.07, 6.45) is 7.02. The fraction of sp³-hybridized carbons (Fsp3) is 0.471. The maximum Gasteiger partial charge on any atom is 0.246 e. The molecule has 114 valence electrons. The summed E-state index contributed by atoms with van der Waals surface area (Å²) in [7, 11) is 6.07. The highest BCUT2D eigenvalue weighted by atomic mass is 16.2. The van der Waals surface area contributed by atoms with Crippen molar-refractivity contribution in [3.63, 3.8) is 0 Å². The summed E-state index contributed by atoms with van der Waals surface area (Å²) in [5.41, 5.74) is 7.55. The van der Waals surface area contributed by atoms with E-state index >= 15 is 0 Å². The molecule has 0 aliphatic heterocycles. The van der Waals surface area contributed by atoms with E-state index in [4.69, 9.17) is 5.73 Å². The van der Waals surface area contributed by atoms with Gasteiger partial charge in [0.15, 0.2) is 0 Å². The molecule has 1 aliphatic rings. The third-order valence-corrected chi connectivity index (χ3v) is 4.47. The van der Waals surface area contributed by atoms with E-state index in [1.54, 1.807) is 6.08 Å². The standard InChI is InChI=1S/C17H25N3O/c1-19(2)17(10-5-11-17)13-20(3)16(21)9-8-14-6-4-7-15(18)12-14/h4,6-9,12H,5,10-11,13,18H2,1-3H3/b9-8+. The van der Waals surface area contributed by atoms with Crippen LogP contribution in [0.25, 0.3) is 6.08 Å². The van der Waals surface area contributed by atoms with Crippen molar-refractivity contribution >= 4 is 17.7 Å². The van der Waals surface area contributed by atoms with Crippen molar-refractivity contribution in [1.29, 1.82) is 0 Å². The first-order valence-corrected chi connectivity index (χ1v) is 7.39. The number of amides is 1. The number of anilines is 1. The van der Waals surface area contributed by atoms with Crippen molar-refractivity contribution in [2.75, 3.05) is 33.4 Å². The van der Waals surface area contributed by atoms with Crippen molar-refractivity contribution in [1.82, 2.24) is 9.80 Å². The molecule has 1 aliphatic carbocycles. The highest BCUT2D eigenvalue weighted by molar-refractivity contribution is 5.91. The Kier molecular flexibility index (Phi) is 4.68. The van der Waals surface area contributed by atoms with Crippen LogP contribution in [0.15, 0.2) is 30.3 Å². The lowest BCUT2D eigenvalue weighted by atomic mass is 9.75. The molecule has 4 heteroatoms. The molecule has 0 spiro atoms. The van der Waals surface area contributed by atoms with Gasteiger partial charge in [0.2, 0.25) is 5.91 Å². The lowest BCUT2D eigenvalue weighted by Crippen LogP contribution is -2.57. The summed E-state index contributed by atoms with van der Waals surface area (Å²) >= 11 is 0. The number of carbonyl (C=O) groups is 1. The molecule has 1 amide bonds. The van der Waals surface area contributed by atoms with Crippen molar-refractivity contribution in [3.8, 4) is 0 Å². The van der Waals surface area contributed by atoms with E-state index in [-0.39, 0.29) is 11.4 Å². The molecule has 1 fully saturated rings. The van der Waals surface area contributed by atoms with Crippen LogP contribution < -0.4 is 5.73 Å². The van der Waals surface area contributed by atoms with Crippen molar-refractivity contribution in [3.05, 3.63) is 35.9 Å². The molecule has 0 radical (unpaired) electrons. The van der Waals surface area contributed by atoms with Crippen LogP contribution in [0.4, 0.5) is 5.69 Å². The van der Waals surface area contributed by atoms with Gasteiger partial charge in [-0.3, -0.25) is 4.79 Å². The van der Waals surface area contributed by atoms with Crippen LogP contribution in [-0.4, -0.2) is 48.9 Å². The molecule has 0 unspecified atom stereocenters. The molecule has 4 nitrogen and oxygen atoms in total. The maximum atomic E-state index is 12.2. The fourth-order valence-electron chi connectivity index (χ4n) is 2.81. The molecule has 1 aromatic carbocycles. The monoisotopic (exact) mass is 287 g/mol. The van der Waals surface area contributed by atoms with Crippen LogP contribution in [0.5, 0.6) is 0 Å². The minimum absolute atomic E-state index is 0.0329. The topological polar surface area (TPSA) is 49.6 Å². The normalized spacial score (nSPS) is 17.0. The molecule has 0 heterocycles. The minimum atomic E-state index is 0.0329. The Hall–Kier alpha value is -1.81. The van der Waals surface area contributed by atoms with E-state index in [0.29, 0.717) is 5.69 Å². The van der Waals surface area contributed by atoms with E-state index in [1.807, 2.05) is 42.3 Å². The van der Waals surface area contributed by atoms with Gasteiger partial charge in [0.1, 0.15) is 0 Å². The number of likely N-dealkylation sites (N-methyl/N-ethyl adjacent to an activating group) is 2. The SMILES string of the molecule is CN(CC1(N(C)C)CCC1)C(=O)/C=C/c1cccc(N)c1. The minimum Gasteiger partial charge on any atom is -0.399 e. The van der Waals surface area contributed by atoms with Crippen LogP contribution >= 0.6 is 0 Å². The van der Waals surface area contributed by atoms with E-state index in [9.17, 15) is 4.79 Å². The van der Waals surface area contributed by atoms with Gasteiger partial charge in [0, 0.05) is 30.9 Å². The number of hydrogen-bond acceptors (Lipinski definition) is 3. The molecular formula is C17H25N3O. The first kappa shape index (κ1) is 15.6. The molecule has 2 N–H and O–H groups in total. The second-order valence-electron chi connectivity index (χ2n) is 6.17. The van der Waals surface area contributed by atoms with Crippen LogP contribution in [0.2, 0.25) is 0 Å². The highest BCUT2D eigenvalue weighted by Gasteiger charge is 2.40. The molecule has 0 aromatic heterocycles. The number of rotatable bonds is 5. The Morgan fingerprint density at radius 1 is 1.33 bits per heavy atom. The number of nitrogens with two attached hydrogens (primary N) is 1. The van der Waals surface area contributed by atoms with E-state index < -0.39 is 0 Å². The van der Waals surface area contributed by atoms with E-state index in [0.717, 1.165) is 24.9 Å². The number of nitrogen functional groups attached to an aromatic ring is 1. The molecule has 21 heavy (non-hydrogen) atoms. The zero-order valence-electron chi connectivity index (χ0n) is 13.2. The molecule has 0 saturated heterocycles. The Morgan fingerprint density at radius 3 is 2.57 bits per heavy atom. The Bertz CT molecular complexity index is 533. The average molecular weight is 287 g/mol. The van der Waals surface area contributed by atoms with Crippen LogP contribution in [0, 0.1) is 0 Å². The van der Waals surface area contributed by atoms with E-state index in [1.165, 1.54) is 6.42 Å². The Labute approximate surface area is 127 Å². The average Bonchev–Trinajstić information content (AvgIpc) is 2.39. The third kappa shape index (κ3) is 3.64. The molecule has 1 aromatic rings. The van der Waals surface area contributed by atoms with Crippen molar-refractivity contribution in [2.45, 2.75) is 24.8 Å². The summed E-state index contributed by atoms with van der Waals surface area (Å²) in [6, 6.07) is 7.52. The van der Waals surface area contributed by atoms with Crippen LogP contribution in [0.3, 0.4) is 0 Å². The third-order valence-electron chi connectivity index (χ3n) is 4.47. The molecular weight excluding hydrogens is 262 g/mol. The smallest absolute Gasteiger partial charge is 0.246 e. The van der Waals surface area contributed by atoms with Gasteiger partial charge in [-0.2, -0.15) is 0 Å². The summed E-state index contributed by atoms with van der Waals surface area (Å²) in [5, 5.41) is 0. The lowest BCUT2D eigenvalue weighted by Gasteiger charge is -2.49. The van der Waals surface area contributed by atoms with Gasteiger partial charge in [-0.1, -0.05) is 12.1 Å². The van der Waals surface area contributed by atoms with Crippen LogP contribution in [-0.2, 0) is 4.79 Å². The first-order chi connectivity index (χ1) is 9.93. The zero-order chi connectivity index (χ0) is 15.5. The first-order valence-electron chi connectivity index (χ1n) is 7.39. The Morgan fingerprint density at radius 2 is 2.05 bits per heavy atom. The van der Waals surface area contributed by atoms with Crippen LogP contribution in [0.1, 0.15) is 24.8 Å². The van der Waals surface area contributed by atoms with Gasteiger partial charge < -0.3 is 15.5 Å². The zero-order valence-corrected chi connectivity index (χ0v) is 13.2. The van der Waals surface area contributed by atoms with Crippen molar-refractivity contribution < 1.29 is 4.79 Å². The predicted molar refractivity (Wildman–Crippen MR) is 87.8 cm³/mol. The molecule has 0 bridgehead atoms. The number of benzene rings is 1. The number of carbonyl (C=O) groups excluding carboxylic acids is 1. The molecule has 2 rings (SSSR count). The maximum absolute atomic E-state index is 12.2. The van der Waals surface area contributed by atoms with Gasteiger partial charge in [-0.05, 0) is 57.1 Å². The fourth-order valence-corrected chi connectivity index (χ4v) is 2.81.